The molecule has 29 heavy (non-hydrogen) atoms. The molecule has 2 aromatic carbocycles. The van der Waals surface area contributed by atoms with Gasteiger partial charge in [0.25, 0.3) is 15.9 Å². The Morgan fingerprint density at radius 1 is 1.00 bits per heavy atom. The zero-order valence-electron chi connectivity index (χ0n) is 15.2. The smallest absolute Gasteiger partial charge is 0.261 e. The van der Waals surface area contributed by atoms with E-state index in [0.29, 0.717) is 18.0 Å². The van der Waals surface area contributed by atoms with E-state index >= 15 is 0 Å². The minimum absolute atomic E-state index is 0.0902. The van der Waals surface area contributed by atoms with Crippen LogP contribution in [0.25, 0.3) is 0 Å². The average molecular weight is 476 g/mol. The Balaban J connectivity index is 1.52. The Hall–Kier alpha value is -2.91. The Bertz CT molecular complexity index is 1060. The van der Waals surface area contributed by atoms with Gasteiger partial charge in [0.15, 0.2) is 6.61 Å². The summed E-state index contributed by atoms with van der Waals surface area (Å²) in [6.07, 6.45) is 1.65. The third-order valence-corrected chi connectivity index (χ3v) is 5.72. The lowest BCUT2D eigenvalue weighted by molar-refractivity contribution is -0.123. The van der Waals surface area contributed by atoms with Gasteiger partial charge in [0.05, 0.1) is 17.1 Å². The maximum absolute atomic E-state index is 12.5. The van der Waals surface area contributed by atoms with Crippen LogP contribution in [0.3, 0.4) is 0 Å². The highest BCUT2D eigenvalue weighted by atomic mass is 79.9. The summed E-state index contributed by atoms with van der Waals surface area (Å²) in [7, 11) is -3.72. The SMILES string of the molecule is O=C(COc1ccc(S(=O)(=O)Nc2ccc(Br)cc2)cc1)NCc1ccccn1. The molecule has 0 aliphatic carbocycles. The fourth-order valence-corrected chi connectivity index (χ4v) is 3.66. The second kappa shape index (κ2) is 9.53. The summed E-state index contributed by atoms with van der Waals surface area (Å²) in [4.78, 5) is 16.1. The van der Waals surface area contributed by atoms with Crippen molar-refractivity contribution in [1.82, 2.24) is 10.3 Å². The van der Waals surface area contributed by atoms with Crippen LogP contribution in [0, 0.1) is 0 Å². The monoisotopic (exact) mass is 475 g/mol. The Morgan fingerprint density at radius 3 is 2.38 bits per heavy atom. The minimum atomic E-state index is -3.72. The van der Waals surface area contributed by atoms with E-state index in [1.165, 1.54) is 24.3 Å². The Morgan fingerprint density at radius 2 is 1.72 bits per heavy atom. The number of hydrogen-bond acceptors (Lipinski definition) is 5. The van der Waals surface area contributed by atoms with Gasteiger partial charge in [-0.3, -0.25) is 14.5 Å². The molecular weight excluding hydrogens is 458 g/mol. The van der Waals surface area contributed by atoms with Crippen molar-refractivity contribution >= 4 is 37.5 Å². The van der Waals surface area contributed by atoms with Gasteiger partial charge in [0.2, 0.25) is 0 Å². The van der Waals surface area contributed by atoms with E-state index in [4.69, 9.17) is 4.74 Å². The maximum Gasteiger partial charge on any atom is 0.261 e. The number of anilines is 1. The van der Waals surface area contributed by atoms with Crippen LogP contribution in [-0.4, -0.2) is 25.9 Å². The van der Waals surface area contributed by atoms with Gasteiger partial charge in [-0.25, -0.2) is 8.42 Å². The number of hydrogen-bond donors (Lipinski definition) is 2. The van der Waals surface area contributed by atoms with E-state index in [-0.39, 0.29) is 17.4 Å². The van der Waals surface area contributed by atoms with E-state index in [2.05, 4.69) is 31.0 Å². The van der Waals surface area contributed by atoms with Crippen LogP contribution in [-0.2, 0) is 21.4 Å². The summed E-state index contributed by atoms with van der Waals surface area (Å²) in [6.45, 7) is 0.123. The van der Waals surface area contributed by atoms with Crippen molar-refractivity contribution in [3.63, 3.8) is 0 Å². The normalized spacial score (nSPS) is 10.9. The van der Waals surface area contributed by atoms with Crippen molar-refractivity contribution in [1.29, 1.82) is 0 Å². The van der Waals surface area contributed by atoms with Crippen molar-refractivity contribution in [3.05, 3.63) is 83.1 Å². The van der Waals surface area contributed by atoms with Crippen LogP contribution in [0.5, 0.6) is 5.75 Å². The number of rotatable bonds is 8. The molecule has 1 heterocycles. The largest absolute Gasteiger partial charge is 0.484 e. The fraction of sp³-hybridized carbons (Fsp3) is 0.100. The van der Waals surface area contributed by atoms with E-state index in [1.54, 1.807) is 36.5 Å². The average Bonchev–Trinajstić information content (AvgIpc) is 2.73. The molecule has 0 atom stereocenters. The molecule has 3 rings (SSSR count). The molecule has 0 saturated heterocycles. The summed E-state index contributed by atoms with van der Waals surface area (Å²) < 4.78 is 33.7. The number of halogens is 1. The van der Waals surface area contributed by atoms with Gasteiger partial charge in [0, 0.05) is 16.4 Å². The van der Waals surface area contributed by atoms with E-state index in [0.717, 1.165) is 10.2 Å². The molecule has 9 heteroatoms. The van der Waals surface area contributed by atoms with Crippen LogP contribution in [0.4, 0.5) is 5.69 Å². The maximum atomic E-state index is 12.5. The van der Waals surface area contributed by atoms with Crippen LogP contribution >= 0.6 is 15.9 Å². The highest BCUT2D eigenvalue weighted by Gasteiger charge is 2.14. The van der Waals surface area contributed by atoms with Gasteiger partial charge in [-0.2, -0.15) is 0 Å². The van der Waals surface area contributed by atoms with Crippen molar-refractivity contribution < 1.29 is 17.9 Å². The predicted molar refractivity (Wildman–Crippen MR) is 113 cm³/mol. The third kappa shape index (κ3) is 6.30. The number of carbonyl (C=O) groups excluding carboxylic acids is 1. The van der Waals surface area contributed by atoms with Crippen LogP contribution in [0.2, 0.25) is 0 Å². The summed E-state index contributed by atoms with van der Waals surface area (Å²) in [5, 5.41) is 2.70. The first-order valence-corrected chi connectivity index (χ1v) is 10.9. The van der Waals surface area contributed by atoms with E-state index in [1.807, 2.05) is 12.1 Å². The number of carbonyl (C=O) groups is 1. The van der Waals surface area contributed by atoms with Crippen LogP contribution in [0.1, 0.15) is 5.69 Å². The zero-order chi connectivity index (χ0) is 20.7. The lowest BCUT2D eigenvalue weighted by Crippen LogP contribution is -2.28. The molecule has 1 aromatic heterocycles. The lowest BCUT2D eigenvalue weighted by Gasteiger charge is -2.10. The van der Waals surface area contributed by atoms with Crippen molar-refractivity contribution in [2.45, 2.75) is 11.4 Å². The summed E-state index contributed by atoms with van der Waals surface area (Å²) >= 11 is 3.30. The van der Waals surface area contributed by atoms with Gasteiger partial charge >= 0.3 is 0 Å². The van der Waals surface area contributed by atoms with Crippen LogP contribution in [0.15, 0.2) is 82.3 Å². The predicted octanol–water partition coefficient (Wildman–Crippen LogP) is 3.34. The minimum Gasteiger partial charge on any atom is -0.484 e. The number of nitrogens with zero attached hydrogens (tertiary/aromatic N) is 1. The second-order valence-corrected chi connectivity index (χ2v) is 8.57. The topological polar surface area (TPSA) is 97.4 Å². The highest BCUT2D eigenvalue weighted by molar-refractivity contribution is 9.10. The fourth-order valence-electron chi connectivity index (χ4n) is 2.34. The molecule has 0 aliphatic heterocycles. The Kier molecular flexibility index (Phi) is 6.84. The van der Waals surface area contributed by atoms with Crippen molar-refractivity contribution in [2.24, 2.45) is 0 Å². The molecule has 0 unspecified atom stereocenters. The quantitative estimate of drug-likeness (QED) is 0.520. The molecule has 1 amide bonds. The molecular formula is C20H18BrN3O4S. The molecule has 3 aromatic rings. The number of sulfonamides is 1. The number of ether oxygens (including phenoxy) is 1. The summed E-state index contributed by atoms with van der Waals surface area (Å²) in [5.41, 5.74) is 1.20. The molecule has 0 spiro atoms. The second-order valence-electron chi connectivity index (χ2n) is 5.97. The summed E-state index contributed by atoms with van der Waals surface area (Å²) in [5.74, 6) is 0.0878. The highest BCUT2D eigenvalue weighted by Crippen LogP contribution is 2.20. The number of benzene rings is 2. The van der Waals surface area contributed by atoms with Crippen molar-refractivity contribution in [2.75, 3.05) is 11.3 Å². The Labute approximate surface area is 177 Å². The van der Waals surface area contributed by atoms with Gasteiger partial charge in [-0.1, -0.05) is 22.0 Å². The van der Waals surface area contributed by atoms with Gasteiger partial charge in [-0.05, 0) is 60.7 Å². The first-order valence-electron chi connectivity index (χ1n) is 8.60. The van der Waals surface area contributed by atoms with Gasteiger partial charge in [-0.15, -0.1) is 0 Å². The van der Waals surface area contributed by atoms with E-state index in [9.17, 15) is 13.2 Å². The van der Waals surface area contributed by atoms with Gasteiger partial charge in [0.1, 0.15) is 5.75 Å². The number of aromatic nitrogens is 1. The van der Waals surface area contributed by atoms with Gasteiger partial charge < -0.3 is 10.1 Å². The van der Waals surface area contributed by atoms with Crippen LogP contribution < -0.4 is 14.8 Å². The molecule has 0 bridgehead atoms. The molecule has 150 valence electrons. The first kappa shape index (κ1) is 20.8. The molecule has 0 fully saturated rings. The molecule has 7 nitrogen and oxygen atoms in total. The number of amides is 1. The number of pyridine rings is 1. The lowest BCUT2D eigenvalue weighted by atomic mass is 10.3. The first-order chi connectivity index (χ1) is 13.9. The molecule has 2 N–H and O–H groups in total. The molecule has 0 saturated carbocycles. The third-order valence-electron chi connectivity index (χ3n) is 3.79. The molecule has 0 aliphatic rings. The molecule has 0 radical (unpaired) electrons. The van der Waals surface area contributed by atoms with E-state index < -0.39 is 10.0 Å². The summed E-state index contributed by atoms with van der Waals surface area (Å²) in [6, 6.07) is 18.1. The number of nitrogens with one attached hydrogen (secondary N) is 2. The standard InChI is InChI=1S/C20H18BrN3O4S/c21-15-4-6-16(7-5-15)24-29(26,27)19-10-8-18(9-11-19)28-14-20(25)23-13-17-3-1-2-12-22-17/h1-12,24H,13-14H2,(H,23,25). The van der Waals surface area contributed by atoms with Crippen molar-refractivity contribution in [3.8, 4) is 5.75 Å². The zero-order valence-corrected chi connectivity index (χ0v) is 17.6.